The summed E-state index contributed by atoms with van der Waals surface area (Å²) in [4.78, 5) is 0. The second-order valence-electron chi connectivity index (χ2n) is 7.89. The molecule has 0 aromatic heterocycles. The van der Waals surface area contributed by atoms with Crippen molar-refractivity contribution >= 4 is 0 Å². The number of rotatable bonds is 18. The SMILES string of the molecule is C=C(C)CCCCCCCCC(O)CCCCCCCCC(=C)C. The minimum atomic E-state index is -0.0585. The Morgan fingerprint density at radius 3 is 1.21 bits per heavy atom. The molecule has 0 aliphatic heterocycles. The fourth-order valence-electron chi connectivity index (χ4n) is 3.17. The summed E-state index contributed by atoms with van der Waals surface area (Å²) in [6.07, 6.45) is 19.9. The molecule has 0 radical (unpaired) electrons. The standard InChI is InChI=1S/C23H44O/c1-21(2)17-13-9-5-7-11-15-19-23(24)20-16-12-8-6-10-14-18-22(3)4/h23-24H,1,3,5-20H2,2,4H3. The molecule has 1 nitrogen and oxygen atoms in total. The van der Waals surface area contributed by atoms with Gasteiger partial charge < -0.3 is 5.11 Å². The van der Waals surface area contributed by atoms with Crippen molar-refractivity contribution in [2.45, 2.75) is 123 Å². The van der Waals surface area contributed by atoms with Crippen LogP contribution < -0.4 is 0 Å². The quantitative estimate of drug-likeness (QED) is 0.200. The first kappa shape index (κ1) is 23.4. The Bertz CT molecular complexity index is 275. The molecule has 0 unspecified atom stereocenters. The zero-order chi connectivity index (χ0) is 18.0. The molecule has 0 aliphatic carbocycles. The molecule has 0 heterocycles. The van der Waals surface area contributed by atoms with Gasteiger partial charge in [0.25, 0.3) is 0 Å². The molecule has 0 spiro atoms. The Balaban J connectivity index is 3.19. The molecule has 1 heteroatoms. The van der Waals surface area contributed by atoms with Crippen molar-refractivity contribution in [3.63, 3.8) is 0 Å². The van der Waals surface area contributed by atoms with Crippen molar-refractivity contribution in [2.75, 3.05) is 0 Å². The van der Waals surface area contributed by atoms with Gasteiger partial charge in [-0.1, -0.05) is 75.4 Å². The Morgan fingerprint density at radius 1 is 0.583 bits per heavy atom. The van der Waals surface area contributed by atoms with E-state index in [1.807, 2.05) is 0 Å². The third kappa shape index (κ3) is 19.5. The van der Waals surface area contributed by atoms with Crippen LogP contribution in [0.15, 0.2) is 24.3 Å². The van der Waals surface area contributed by atoms with Gasteiger partial charge in [-0.05, 0) is 52.4 Å². The second-order valence-corrected chi connectivity index (χ2v) is 7.89. The summed E-state index contributed by atoms with van der Waals surface area (Å²) in [5.74, 6) is 0. The van der Waals surface area contributed by atoms with E-state index in [0.29, 0.717) is 0 Å². The van der Waals surface area contributed by atoms with E-state index in [4.69, 9.17) is 0 Å². The average molecular weight is 337 g/mol. The summed E-state index contributed by atoms with van der Waals surface area (Å²) in [5.41, 5.74) is 2.62. The molecule has 0 bridgehead atoms. The summed E-state index contributed by atoms with van der Waals surface area (Å²) in [6.45, 7) is 12.1. The summed E-state index contributed by atoms with van der Waals surface area (Å²) in [5, 5.41) is 10.0. The molecule has 1 N–H and O–H groups in total. The van der Waals surface area contributed by atoms with Gasteiger partial charge in [-0.15, -0.1) is 13.2 Å². The number of hydrogen-bond acceptors (Lipinski definition) is 1. The molecule has 24 heavy (non-hydrogen) atoms. The van der Waals surface area contributed by atoms with E-state index in [-0.39, 0.29) is 6.10 Å². The van der Waals surface area contributed by atoms with Crippen molar-refractivity contribution in [3.8, 4) is 0 Å². The zero-order valence-corrected chi connectivity index (χ0v) is 16.8. The summed E-state index contributed by atoms with van der Waals surface area (Å²) < 4.78 is 0. The molecular weight excluding hydrogens is 292 g/mol. The molecule has 0 saturated heterocycles. The first-order chi connectivity index (χ1) is 11.5. The molecule has 0 rings (SSSR count). The molecule has 0 saturated carbocycles. The Morgan fingerprint density at radius 2 is 0.875 bits per heavy atom. The van der Waals surface area contributed by atoms with E-state index in [2.05, 4.69) is 27.0 Å². The number of hydrogen-bond donors (Lipinski definition) is 1. The minimum Gasteiger partial charge on any atom is -0.393 e. The normalized spacial score (nSPS) is 11.2. The third-order valence-electron chi connectivity index (χ3n) is 4.78. The van der Waals surface area contributed by atoms with Crippen LogP contribution in [0.2, 0.25) is 0 Å². The van der Waals surface area contributed by atoms with Crippen LogP contribution in [0.25, 0.3) is 0 Å². The van der Waals surface area contributed by atoms with Crippen LogP contribution in [0, 0.1) is 0 Å². The van der Waals surface area contributed by atoms with E-state index >= 15 is 0 Å². The van der Waals surface area contributed by atoms with Gasteiger partial charge in [0, 0.05) is 0 Å². The highest BCUT2D eigenvalue weighted by molar-refractivity contribution is 4.87. The van der Waals surface area contributed by atoms with Gasteiger partial charge in [0.05, 0.1) is 6.10 Å². The lowest BCUT2D eigenvalue weighted by Gasteiger charge is -2.10. The molecule has 142 valence electrons. The van der Waals surface area contributed by atoms with Crippen LogP contribution in [0.4, 0.5) is 0 Å². The molecular formula is C23H44O. The second kappa shape index (κ2) is 17.3. The molecule has 0 aromatic rings. The average Bonchev–Trinajstić information content (AvgIpc) is 2.51. The highest BCUT2D eigenvalue weighted by Crippen LogP contribution is 2.15. The van der Waals surface area contributed by atoms with Gasteiger partial charge in [0.15, 0.2) is 0 Å². The topological polar surface area (TPSA) is 20.2 Å². The largest absolute Gasteiger partial charge is 0.393 e. The van der Waals surface area contributed by atoms with Gasteiger partial charge in [-0.25, -0.2) is 0 Å². The smallest absolute Gasteiger partial charge is 0.0540 e. The van der Waals surface area contributed by atoms with Crippen molar-refractivity contribution in [3.05, 3.63) is 24.3 Å². The first-order valence-electron chi connectivity index (χ1n) is 10.5. The summed E-state index contributed by atoms with van der Waals surface area (Å²) >= 11 is 0. The fourth-order valence-corrected chi connectivity index (χ4v) is 3.17. The molecule has 0 aromatic carbocycles. The molecule has 0 aliphatic rings. The number of aliphatic hydroxyl groups is 1. The van der Waals surface area contributed by atoms with E-state index in [9.17, 15) is 5.11 Å². The van der Waals surface area contributed by atoms with Crippen LogP contribution in [0.1, 0.15) is 117 Å². The van der Waals surface area contributed by atoms with E-state index in [0.717, 1.165) is 12.8 Å². The summed E-state index contributed by atoms with van der Waals surface area (Å²) in [6, 6.07) is 0. The maximum absolute atomic E-state index is 10.0. The van der Waals surface area contributed by atoms with Crippen molar-refractivity contribution in [2.24, 2.45) is 0 Å². The van der Waals surface area contributed by atoms with Gasteiger partial charge >= 0.3 is 0 Å². The number of allylic oxidation sites excluding steroid dienone is 2. The summed E-state index contributed by atoms with van der Waals surface area (Å²) in [7, 11) is 0. The van der Waals surface area contributed by atoms with Gasteiger partial charge in [0.1, 0.15) is 0 Å². The van der Waals surface area contributed by atoms with Crippen molar-refractivity contribution in [1.82, 2.24) is 0 Å². The van der Waals surface area contributed by atoms with Crippen LogP contribution in [0.5, 0.6) is 0 Å². The van der Waals surface area contributed by atoms with Crippen molar-refractivity contribution in [1.29, 1.82) is 0 Å². The number of unbranched alkanes of at least 4 members (excludes halogenated alkanes) is 10. The van der Waals surface area contributed by atoms with Crippen LogP contribution in [-0.4, -0.2) is 11.2 Å². The predicted molar refractivity (Wildman–Crippen MR) is 110 cm³/mol. The number of aliphatic hydroxyl groups excluding tert-OH is 1. The fraction of sp³-hybridized carbons (Fsp3) is 0.826. The lowest BCUT2D eigenvalue weighted by Crippen LogP contribution is -2.05. The highest BCUT2D eigenvalue weighted by atomic mass is 16.3. The highest BCUT2D eigenvalue weighted by Gasteiger charge is 2.03. The maximum atomic E-state index is 10.0. The van der Waals surface area contributed by atoms with E-state index < -0.39 is 0 Å². The van der Waals surface area contributed by atoms with Crippen LogP contribution in [0.3, 0.4) is 0 Å². The Labute approximate surface area is 152 Å². The van der Waals surface area contributed by atoms with Gasteiger partial charge in [0.2, 0.25) is 0 Å². The Hall–Kier alpha value is -0.560. The van der Waals surface area contributed by atoms with Crippen molar-refractivity contribution < 1.29 is 5.11 Å². The lowest BCUT2D eigenvalue weighted by molar-refractivity contribution is 0.147. The zero-order valence-electron chi connectivity index (χ0n) is 16.8. The third-order valence-corrected chi connectivity index (χ3v) is 4.78. The molecule has 0 fully saturated rings. The van der Waals surface area contributed by atoms with E-state index in [1.54, 1.807) is 0 Å². The molecule has 0 amide bonds. The van der Waals surface area contributed by atoms with E-state index in [1.165, 1.54) is 101 Å². The predicted octanol–water partition coefficient (Wildman–Crippen LogP) is 7.74. The monoisotopic (exact) mass is 336 g/mol. The first-order valence-corrected chi connectivity index (χ1v) is 10.5. The van der Waals surface area contributed by atoms with Gasteiger partial charge in [-0.2, -0.15) is 0 Å². The molecule has 0 atom stereocenters. The van der Waals surface area contributed by atoms with Crippen LogP contribution >= 0.6 is 0 Å². The lowest BCUT2D eigenvalue weighted by atomic mass is 10.0. The van der Waals surface area contributed by atoms with Crippen LogP contribution in [-0.2, 0) is 0 Å². The maximum Gasteiger partial charge on any atom is 0.0540 e. The van der Waals surface area contributed by atoms with Gasteiger partial charge in [-0.3, -0.25) is 0 Å². The minimum absolute atomic E-state index is 0.0585. The Kier molecular flexibility index (Phi) is 16.9.